The fraction of sp³-hybridized carbons (Fsp3) is 0.917. The number of sulfone groups is 1. The molecule has 0 N–H and O–H groups in total. The van der Waals surface area contributed by atoms with Crippen molar-refractivity contribution in [2.75, 3.05) is 17.6 Å². The predicted molar refractivity (Wildman–Crippen MR) is 74.5 cm³/mol. The topological polar surface area (TPSA) is 54.5 Å². The van der Waals surface area contributed by atoms with Gasteiger partial charge in [0.2, 0.25) is 5.91 Å². The normalized spacial score (nSPS) is 35.7. The molecule has 2 aliphatic heterocycles. The lowest BCUT2D eigenvalue weighted by molar-refractivity contribution is -0.131. The first-order valence-electron chi connectivity index (χ1n) is 6.55. The summed E-state index contributed by atoms with van der Waals surface area (Å²) in [7, 11) is -3.22. The van der Waals surface area contributed by atoms with Gasteiger partial charge in [-0.3, -0.25) is 4.79 Å². The van der Waals surface area contributed by atoms with Crippen LogP contribution in [0.5, 0.6) is 0 Å². The lowest BCUT2D eigenvalue weighted by Gasteiger charge is -2.30. The average Bonchev–Trinajstić information content (AvgIpc) is 2.69. The van der Waals surface area contributed by atoms with E-state index >= 15 is 0 Å². The maximum Gasteiger partial charge on any atom is 0.241 e. The van der Waals surface area contributed by atoms with Crippen LogP contribution >= 0.6 is 15.9 Å². The highest BCUT2D eigenvalue weighted by Gasteiger charge is 2.42. The molecule has 0 spiro atoms. The SMILES string of the molecule is CC1CCN(C(=O)C2CCCCS2(=O)=O)C1CBr. The number of rotatable bonds is 2. The number of halogens is 1. The van der Waals surface area contributed by atoms with Crippen LogP contribution < -0.4 is 0 Å². The highest BCUT2D eigenvalue weighted by atomic mass is 79.9. The number of hydrogen-bond donors (Lipinski definition) is 0. The molecule has 2 rings (SSSR count). The molecule has 0 radical (unpaired) electrons. The summed E-state index contributed by atoms with van der Waals surface area (Å²) in [5.74, 6) is 0.453. The summed E-state index contributed by atoms with van der Waals surface area (Å²) in [5.41, 5.74) is 0. The molecule has 0 aliphatic carbocycles. The lowest BCUT2D eigenvalue weighted by atomic mass is 10.0. The number of carbonyl (C=O) groups is 1. The Morgan fingerprint density at radius 2 is 2.06 bits per heavy atom. The maximum atomic E-state index is 12.5. The molecule has 0 aromatic carbocycles. The van der Waals surface area contributed by atoms with Crippen LogP contribution in [-0.4, -0.2) is 48.1 Å². The Bertz CT molecular complexity index is 423. The average molecular weight is 338 g/mol. The third-order valence-corrected chi connectivity index (χ3v) is 7.00. The molecule has 2 aliphatic rings. The Morgan fingerprint density at radius 3 is 2.67 bits per heavy atom. The summed E-state index contributed by atoms with van der Waals surface area (Å²) in [4.78, 5) is 14.2. The first-order valence-corrected chi connectivity index (χ1v) is 9.39. The van der Waals surface area contributed by atoms with Gasteiger partial charge in [0, 0.05) is 17.9 Å². The third kappa shape index (κ3) is 2.59. The van der Waals surface area contributed by atoms with Crippen molar-refractivity contribution in [2.45, 2.75) is 43.9 Å². The minimum atomic E-state index is -3.22. The number of carbonyl (C=O) groups excluding carboxylic acids is 1. The predicted octanol–water partition coefficient (Wildman–Crippen LogP) is 1.59. The molecule has 2 saturated heterocycles. The van der Waals surface area contributed by atoms with E-state index in [-0.39, 0.29) is 17.7 Å². The van der Waals surface area contributed by atoms with E-state index in [1.54, 1.807) is 4.90 Å². The minimum absolute atomic E-state index is 0.148. The summed E-state index contributed by atoms with van der Waals surface area (Å²) in [6, 6.07) is 0.148. The van der Waals surface area contributed by atoms with E-state index in [1.165, 1.54) is 0 Å². The van der Waals surface area contributed by atoms with Gasteiger partial charge in [-0.1, -0.05) is 29.3 Å². The lowest BCUT2D eigenvalue weighted by Crippen LogP contribution is -2.48. The van der Waals surface area contributed by atoms with Crippen molar-refractivity contribution in [1.29, 1.82) is 0 Å². The van der Waals surface area contributed by atoms with Gasteiger partial charge in [-0.25, -0.2) is 8.42 Å². The molecule has 4 nitrogen and oxygen atoms in total. The number of hydrogen-bond acceptors (Lipinski definition) is 3. The fourth-order valence-electron chi connectivity index (χ4n) is 2.93. The third-order valence-electron chi connectivity index (χ3n) is 4.18. The van der Waals surface area contributed by atoms with E-state index in [4.69, 9.17) is 0 Å². The van der Waals surface area contributed by atoms with Gasteiger partial charge in [0.25, 0.3) is 0 Å². The van der Waals surface area contributed by atoms with E-state index in [2.05, 4.69) is 22.9 Å². The van der Waals surface area contributed by atoms with Crippen LogP contribution in [0.25, 0.3) is 0 Å². The molecule has 2 heterocycles. The highest BCUT2D eigenvalue weighted by molar-refractivity contribution is 9.09. The molecule has 6 heteroatoms. The van der Waals surface area contributed by atoms with E-state index < -0.39 is 15.1 Å². The Kier molecular flexibility index (Phi) is 4.36. The second-order valence-corrected chi connectivity index (χ2v) is 8.32. The highest BCUT2D eigenvalue weighted by Crippen LogP contribution is 2.29. The first kappa shape index (κ1) is 14.3. The van der Waals surface area contributed by atoms with Crippen molar-refractivity contribution < 1.29 is 13.2 Å². The molecule has 18 heavy (non-hydrogen) atoms. The van der Waals surface area contributed by atoms with Crippen molar-refractivity contribution in [3.63, 3.8) is 0 Å². The standard InChI is InChI=1S/C12H20BrNO3S/c1-9-5-6-14(10(9)8-13)12(15)11-4-2-3-7-18(11,16)17/h9-11H,2-8H2,1H3. The number of amides is 1. The summed E-state index contributed by atoms with van der Waals surface area (Å²) in [6.45, 7) is 2.82. The number of alkyl halides is 1. The van der Waals surface area contributed by atoms with E-state index in [0.717, 1.165) is 18.2 Å². The first-order chi connectivity index (χ1) is 8.47. The van der Waals surface area contributed by atoms with Crippen molar-refractivity contribution in [1.82, 2.24) is 4.90 Å². The van der Waals surface area contributed by atoms with E-state index in [1.807, 2.05) is 0 Å². The number of nitrogens with zero attached hydrogens (tertiary/aromatic N) is 1. The van der Waals surface area contributed by atoms with E-state index in [0.29, 0.717) is 25.3 Å². The minimum Gasteiger partial charge on any atom is -0.337 e. The van der Waals surface area contributed by atoms with Crippen molar-refractivity contribution >= 4 is 31.7 Å². The van der Waals surface area contributed by atoms with Crippen LogP contribution in [0.1, 0.15) is 32.6 Å². The maximum absolute atomic E-state index is 12.5. The second-order valence-electron chi connectivity index (χ2n) is 5.37. The Labute approximate surface area is 117 Å². The fourth-order valence-corrected chi connectivity index (χ4v) is 5.78. The van der Waals surface area contributed by atoms with Gasteiger partial charge in [0.05, 0.1) is 5.75 Å². The van der Waals surface area contributed by atoms with Crippen molar-refractivity contribution in [3.05, 3.63) is 0 Å². The van der Waals surface area contributed by atoms with Gasteiger partial charge in [-0.2, -0.15) is 0 Å². The molecular weight excluding hydrogens is 318 g/mol. The van der Waals surface area contributed by atoms with Crippen LogP contribution in [0.2, 0.25) is 0 Å². The van der Waals surface area contributed by atoms with Crippen LogP contribution in [0, 0.1) is 5.92 Å². The van der Waals surface area contributed by atoms with Gasteiger partial charge in [-0.05, 0) is 25.2 Å². The molecule has 104 valence electrons. The van der Waals surface area contributed by atoms with Crippen LogP contribution in [0.15, 0.2) is 0 Å². The van der Waals surface area contributed by atoms with Gasteiger partial charge < -0.3 is 4.90 Å². The zero-order valence-corrected chi connectivity index (χ0v) is 13.0. The Morgan fingerprint density at radius 1 is 1.33 bits per heavy atom. The molecule has 0 aromatic rings. The molecule has 0 aromatic heterocycles. The van der Waals surface area contributed by atoms with Gasteiger partial charge in [-0.15, -0.1) is 0 Å². The van der Waals surface area contributed by atoms with Crippen LogP contribution in [-0.2, 0) is 14.6 Å². The second kappa shape index (κ2) is 5.49. The van der Waals surface area contributed by atoms with Crippen LogP contribution in [0.3, 0.4) is 0 Å². The molecule has 2 fully saturated rings. The molecule has 3 atom stereocenters. The van der Waals surface area contributed by atoms with Gasteiger partial charge >= 0.3 is 0 Å². The van der Waals surface area contributed by atoms with Gasteiger partial charge in [0.1, 0.15) is 5.25 Å². The molecule has 0 bridgehead atoms. The van der Waals surface area contributed by atoms with Crippen molar-refractivity contribution in [2.24, 2.45) is 5.92 Å². The monoisotopic (exact) mass is 337 g/mol. The summed E-state index contributed by atoms with van der Waals surface area (Å²) in [6.07, 6.45) is 3.01. The molecule has 3 unspecified atom stereocenters. The smallest absolute Gasteiger partial charge is 0.241 e. The molecular formula is C12H20BrNO3S. The summed E-state index contributed by atoms with van der Waals surface area (Å²) >= 11 is 3.43. The van der Waals surface area contributed by atoms with Crippen LogP contribution in [0.4, 0.5) is 0 Å². The Hall–Kier alpha value is -0.100. The van der Waals surface area contributed by atoms with Crippen molar-refractivity contribution in [3.8, 4) is 0 Å². The quantitative estimate of drug-likeness (QED) is 0.719. The summed E-state index contributed by atoms with van der Waals surface area (Å²) in [5, 5.41) is -0.0507. The molecule has 0 saturated carbocycles. The zero-order chi connectivity index (χ0) is 13.3. The molecule has 1 amide bonds. The van der Waals surface area contributed by atoms with E-state index in [9.17, 15) is 13.2 Å². The van der Waals surface area contributed by atoms with Gasteiger partial charge in [0.15, 0.2) is 9.84 Å². The Balaban J connectivity index is 2.16. The summed E-state index contributed by atoms with van der Waals surface area (Å²) < 4.78 is 24.0. The number of likely N-dealkylation sites (tertiary alicyclic amines) is 1. The largest absolute Gasteiger partial charge is 0.337 e. The zero-order valence-electron chi connectivity index (χ0n) is 10.6.